The summed E-state index contributed by atoms with van der Waals surface area (Å²) in [7, 11) is 0. The second kappa shape index (κ2) is 7.06. The van der Waals surface area contributed by atoms with Gasteiger partial charge in [-0.15, -0.1) is 0 Å². The Balaban J connectivity index is 1.76. The third kappa shape index (κ3) is 3.86. The summed E-state index contributed by atoms with van der Waals surface area (Å²) in [6.07, 6.45) is 1.34. The van der Waals surface area contributed by atoms with E-state index in [2.05, 4.69) is 10.3 Å². The summed E-state index contributed by atoms with van der Waals surface area (Å²) in [4.78, 5) is 16.1. The Hall–Kier alpha value is -3.68. The molecule has 0 aliphatic carbocycles. The van der Waals surface area contributed by atoms with Gasteiger partial charge in [0.15, 0.2) is 11.6 Å². The zero-order valence-electron chi connectivity index (χ0n) is 13.2. The molecule has 0 aliphatic rings. The highest BCUT2D eigenvalue weighted by Gasteiger charge is 2.11. The van der Waals surface area contributed by atoms with Crippen LogP contribution >= 0.6 is 0 Å². The number of nitrogens with one attached hydrogen (secondary N) is 1. The summed E-state index contributed by atoms with van der Waals surface area (Å²) in [5, 5.41) is 11.6. The van der Waals surface area contributed by atoms with Crippen molar-refractivity contribution in [2.45, 2.75) is 0 Å². The molecule has 4 N–H and O–H groups in total. The number of benzene rings is 2. The molecule has 1 amide bonds. The zero-order valence-corrected chi connectivity index (χ0v) is 13.2. The van der Waals surface area contributed by atoms with Crippen molar-refractivity contribution >= 4 is 17.3 Å². The number of pyridine rings is 1. The van der Waals surface area contributed by atoms with Crippen molar-refractivity contribution in [3.8, 4) is 17.2 Å². The third-order valence-electron chi connectivity index (χ3n) is 3.38. The second-order valence-corrected chi connectivity index (χ2v) is 5.28. The van der Waals surface area contributed by atoms with E-state index < -0.39 is 23.3 Å². The minimum atomic E-state index is -0.863. The number of hydrogen-bond donors (Lipinski definition) is 3. The van der Waals surface area contributed by atoms with Crippen molar-refractivity contribution in [2.75, 3.05) is 11.1 Å². The lowest BCUT2D eigenvalue weighted by Crippen LogP contribution is -2.13. The molecular formula is C18H13F2N3O3. The molecule has 0 saturated carbocycles. The predicted octanol–water partition coefficient (Wildman–Crippen LogP) is 3.69. The van der Waals surface area contributed by atoms with Crippen molar-refractivity contribution in [2.24, 2.45) is 0 Å². The summed E-state index contributed by atoms with van der Waals surface area (Å²) in [5.74, 6) is -2.15. The maximum Gasteiger partial charge on any atom is 0.274 e. The Labute approximate surface area is 146 Å². The molecule has 6 nitrogen and oxygen atoms in total. The minimum absolute atomic E-state index is 0.00623. The molecule has 0 bridgehead atoms. The number of phenolic OH excluding ortho intramolecular Hbond substituents is 1. The lowest BCUT2D eigenvalue weighted by Gasteiger charge is -2.09. The van der Waals surface area contributed by atoms with Gasteiger partial charge in [-0.2, -0.15) is 0 Å². The number of nitrogen functional groups attached to an aromatic ring is 1. The summed E-state index contributed by atoms with van der Waals surface area (Å²) in [5.41, 5.74) is 5.56. The first-order valence-corrected chi connectivity index (χ1v) is 7.41. The minimum Gasteiger partial charge on any atom is -0.505 e. The van der Waals surface area contributed by atoms with Crippen LogP contribution in [0.25, 0.3) is 0 Å². The van der Waals surface area contributed by atoms with E-state index in [1.807, 2.05) is 0 Å². The lowest BCUT2D eigenvalue weighted by molar-refractivity contribution is 0.102. The maximum absolute atomic E-state index is 13.5. The van der Waals surface area contributed by atoms with Gasteiger partial charge >= 0.3 is 0 Å². The SMILES string of the molecule is Nc1ccc(Oc2ccnc(C(=O)Nc3ccc(O)c(F)c3)c2)cc1F. The fourth-order valence-electron chi connectivity index (χ4n) is 2.09. The highest BCUT2D eigenvalue weighted by atomic mass is 19.1. The van der Waals surface area contributed by atoms with E-state index in [0.717, 1.165) is 18.2 Å². The summed E-state index contributed by atoms with van der Waals surface area (Å²) in [6, 6.07) is 10.2. The summed E-state index contributed by atoms with van der Waals surface area (Å²) < 4.78 is 32.3. The van der Waals surface area contributed by atoms with Crippen molar-refractivity contribution in [3.63, 3.8) is 0 Å². The van der Waals surface area contributed by atoms with Crippen LogP contribution in [0.2, 0.25) is 0 Å². The highest BCUT2D eigenvalue weighted by molar-refractivity contribution is 6.03. The molecule has 0 aliphatic heterocycles. The fourth-order valence-corrected chi connectivity index (χ4v) is 2.09. The Bertz CT molecular complexity index is 980. The van der Waals surface area contributed by atoms with Crippen LogP contribution in [-0.2, 0) is 0 Å². The standard InChI is InChI=1S/C18H13F2N3O3/c19-13-8-11(2-3-15(13)21)26-12-5-6-22-16(9-12)18(25)23-10-1-4-17(24)14(20)7-10/h1-9,24H,21H2,(H,23,25). The van der Waals surface area contributed by atoms with E-state index in [1.165, 1.54) is 36.5 Å². The second-order valence-electron chi connectivity index (χ2n) is 5.28. The van der Waals surface area contributed by atoms with Crippen molar-refractivity contribution < 1.29 is 23.4 Å². The fraction of sp³-hybridized carbons (Fsp3) is 0. The number of nitrogens with zero attached hydrogens (tertiary/aromatic N) is 1. The number of nitrogens with two attached hydrogens (primary N) is 1. The molecule has 132 valence electrons. The van der Waals surface area contributed by atoms with E-state index >= 15 is 0 Å². The molecule has 8 heteroatoms. The molecule has 2 aromatic carbocycles. The number of amides is 1. The number of anilines is 2. The first kappa shape index (κ1) is 17.2. The predicted molar refractivity (Wildman–Crippen MR) is 91.1 cm³/mol. The van der Waals surface area contributed by atoms with E-state index in [0.29, 0.717) is 0 Å². The van der Waals surface area contributed by atoms with Crippen LogP contribution in [0.4, 0.5) is 20.2 Å². The summed E-state index contributed by atoms with van der Waals surface area (Å²) >= 11 is 0. The van der Waals surface area contributed by atoms with Gasteiger partial charge in [-0.3, -0.25) is 9.78 Å². The molecule has 3 rings (SSSR count). The Morgan fingerprint density at radius 1 is 1.04 bits per heavy atom. The molecule has 0 atom stereocenters. The molecule has 1 heterocycles. The Morgan fingerprint density at radius 3 is 2.54 bits per heavy atom. The van der Waals surface area contributed by atoms with Gasteiger partial charge in [0.2, 0.25) is 0 Å². The van der Waals surface area contributed by atoms with Crippen molar-refractivity contribution in [1.29, 1.82) is 0 Å². The number of halogens is 2. The van der Waals surface area contributed by atoms with Gasteiger partial charge in [0.05, 0.1) is 5.69 Å². The lowest BCUT2D eigenvalue weighted by atomic mass is 10.2. The molecule has 0 fully saturated rings. The van der Waals surface area contributed by atoms with Gasteiger partial charge in [0, 0.05) is 30.1 Å². The van der Waals surface area contributed by atoms with E-state index in [1.54, 1.807) is 0 Å². The quantitative estimate of drug-likeness (QED) is 0.489. The van der Waals surface area contributed by atoms with Crippen LogP contribution in [-0.4, -0.2) is 16.0 Å². The first-order chi connectivity index (χ1) is 12.4. The van der Waals surface area contributed by atoms with Crippen LogP contribution in [0, 0.1) is 11.6 Å². The molecule has 0 saturated heterocycles. The Morgan fingerprint density at radius 2 is 1.81 bits per heavy atom. The summed E-state index contributed by atoms with van der Waals surface area (Å²) in [6.45, 7) is 0. The largest absolute Gasteiger partial charge is 0.505 e. The number of ether oxygens (including phenoxy) is 1. The molecular weight excluding hydrogens is 344 g/mol. The van der Waals surface area contributed by atoms with Crippen molar-refractivity contribution in [3.05, 3.63) is 72.1 Å². The first-order valence-electron chi connectivity index (χ1n) is 7.41. The van der Waals surface area contributed by atoms with Crippen LogP contribution in [0.5, 0.6) is 17.2 Å². The number of phenols is 1. The molecule has 1 aromatic heterocycles. The molecule has 3 aromatic rings. The van der Waals surface area contributed by atoms with Crippen LogP contribution in [0.1, 0.15) is 10.5 Å². The number of aromatic nitrogens is 1. The third-order valence-corrected chi connectivity index (χ3v) is 3.38. The molecule has 0 radical (unpaired) electrons. The van der Waals surface area contributed by atoms with Crippen LogP contribution in [0.3, 0.4) is 0 Å². The monoisotopic (exact) mass is 357 g/mol. The van der Waals surface area contributed by atoms with E-state index in [-0.39, 0.29) is 28.6 Å². The average Bonchev–Trinajstić information content (AvgIpc) is 2.61. The highest BCUT2D eigenvalue weighted by Crippen LogP contribution is 2.25. The molecule has 0 spiro atoms. The van der Waals surface area contributed by atoms with Crippen LogP contribution in [0.15, 0.2) is 54.7 Å². The number of rotatable bonds is 4. The topological polar surface area (TPSA) is 97.5 Å². The number of carbonyl (C=O) groups excluding carboxylic acids is 1. The van der Waals surface area contributed by atoms with E-state index in [9.17, 15) is 13.6 Å². The van der Waals surface area contributed by atoms with Crippen molar-refractivity contribution in [1.82, 2.24) is 4.98 Å². The number of hydrogen-bond acceptors (Lipinski definition) is 5. The van der Waals surface area contributed by atoms with Crippen LogP contribution < -0.4 is 15.8 Å². The molecule has 26 heavy (non-hydrogen) atoms. The van der Waals surface area contributed by atoms with Gasteiger partial charge in [-0.05, 0) is 30.3 Å². The van der Waals surface area contributed by atoms with E-state index in [4.69, 9.17) is 15.6 Å². The van der Waals surface area contributed by atoms with Gasteiger partial charge < -0.3 is 20.9 Å². The smallest absolute Gasteiger partial charge is 0.274 e. The number of aromatic hydroxyl groups is 1. The normalized spacial score (nSPS) is 10.4. The van der Waals surface area contributed by atoms with Gasteiger partial charge in [-0.1, -0.05) is 0 Å². The average molecular weight is 357 g/mol. The number of carbonyl (C=O) groups is 1. The van der Waals surface area contributed by atoms with Gasteiger partial charge in [-0.25, -0.2) is 8.78 Å². The van der Waals surface area contributed by atoms with Gasteiger partial charge in [0.25, 0.3) is 5.91 Å². The zero-order chi connectivity index (χ0) is 18.7. The molecule has 0 unspecified atom stereocenters. The maximum atomic E-state index is 13.5. The Kier molecular flexibility index (Phi) is 4.66. The van der Waals surface area contributed by atoms with Gasteiger partial charge in [0.1, 0.15) is 23.0 Å².